The second-order valence-corrected chi connectivity index (χ2v) is 7.54. The Morgan fingerprint density at radius 1 is 1.06 bits per heavy atom. The number of nitro benzene ring substituents is 1. The van der Waals surface area contributed by atoms with Crippen LogP contribution in [0.2, 0.25) is 0 Å². The lowest BCUT2D eigenvalue weighted by atomic mass is 10.1. The number of hydrogen-bond donors (Lipinski definition) is 1. The molecule has 0 bridgehead atoms. The molecule has 2 aromatic carbocycles. The maximum atomic E-state index is 13.2. The van der Waals surface area contributed by atoms with Gasteiger partial charge >= 0.3 is 0 Å². The van der Waals surface area contributed by atoms with Gasteiger partial charge in [-0.15, -0.1) is 0 Å². The normalized spacial score (nSPS) is 15.3. The van der Waals surface area contributed by atoms with Gasteiger partial charge in [0.1, 0.15) is 11.6 Å². The van der Waals surface area contributed by atoms with E-state index in [1.165, 1.54) is 36.4 Å². The van der Waals surface area contributed by atoms with Gasteiger partial charge in [-0.1, -0.05) is 0 Å². The molecule has 0 unspecified atom stereocenters. The summed E-state index contributed by atoms with van der Waals surface area (Å²) in [6.45, 7) is 3.35. The second kappa shape index (κ2) is 9.61. The number of halogens is 1. The highest BCUT2D eigenvalue weighted by Gasteiger charge is 2.27. The Hall–Kier alpha value is -3.72. The van der Waals surface area contributed by atoms with Gasteiger partial charge in [-0.2, -0.15) is 0 Å². The first kappa shape index (κ1) is 21.5. The zero-order valence-corrected chi connectivity index (χ0v) is 17.3. The van der Waals surface area contributed by atoms with Crippen molar-refractivity contribution < 1.29 is 18.5 Å². The molecule has 1 N–H and O–H groups in total. The van der Waals surface area contributed by atoms with Crippen molar-refractivity contribution in [3.8, 4) is 0 Å². The highest BCUT2D eigenvalue weighted by molar-refractivity contribution is 5.94. The van der Waals surface area contributed by atoms with Gasteiger partial charge < -0.3 is 14.6 Å². The fourth-order valence-corrected chi connectivity index (χ4v) is 3.86. The monoisotopic (exact) mass is 438 g/mol. The molecule has 32 heavy (non-hydrogen) atoms. The fourth-order valence-electron chi connectivity index (χ4n) is 3.86. The van der Waals surface area contributed by atoms with Crippen LogP contribution in [0, 0.1) is 15.9 Å². The van der Waals surface area contributed by atoms with E-state index in [0.717, 1.165) is 37.6 Å². The summed E-state index contributed by atoms with van der Waals surface area (Å²) in [5.74, 6) is 0.194. The standard InChI is InChI=1S/C23H23FN4O4/c24-18-5-9-19(10-6-18)26-11-13-27(14-12-26)21(22-2-1-15-32-22)16-25-23(29)17-3-7-20(8-4-17)28(30)31/h1-10,15,21H,11-14,16H2,(H,25,29)/t21-/m0/s1. The molecule has 1 saturated heterocycles. The van der Waals surface area contributed by atoms with Crippen molar-refractivity contribution in [1.29, 1.82) is 0 Å². The number of nitro groups is 1. The summed E-state index contributed by atoms with van der Waals surface area (Å²) in [5.41, 5.74) is 1.27. The summed E-state index contributed by atoms with van der Waals surface area (Å²) >= 11 is 0. The van der Waals surface area contributed by atoms with E-state index in [1.807, 2.05) is 12.1 Å². The number of furan rings is 1. The molecule has 1 fully saturated rings. The fraction of sp³-hybridized carbons (Fsp3) is 0.261. The first-order chi connectivity index (χ1) is 15.5. The molecule has 3 aromatic rings. The van der Waals surface area contributed by atoms with Gasteiger partial charge in [0.25, 0.3) is 11.6 Å². The van der Waals surface area contributed by atoms with Gasteiger partial charge in [-0.3, -0.25) is 19.8 Å². The van der Waals surface area contributed by atoms with Crippen LogP contribution in [0.5, 0.6) is 0 Å². The molecular weight excluding hydrogens is 415 g/mol. The largest absolute Gasteiger partial charge is 0.468 e. The SMILES string of the molecule is O=C(NC[C@@H](c1ccco1)N1CCN(c2ccc(F)cc2)CC1)c1ccc([N+](=O)[O-])cc1. The summed E-state index contributed by atoms with van der Waals surface area (Å²) in [6, 6.07) is 15.5. The third-order valence-electron chi connectivity index (χ3n) is 5.61. The Bertz CT molecular complexity index is 1050. The predicted octanol–water partition coefficient (Wildman–Crippen LogP) is 3.62. The molecular formula is C23H23FN4O4. The number of nitrogens with one attached hydrogen (secondary N) is 1. The van der Waals surface area contributed by atoms with Crippen molar-refractivity contribution in [2.24, 2.45) is 0 Å². The lowest BCUT2D eigenvalue weighted by Gasteiger charge is -2.39. The van der Waals surface area contributed by atoms with Gasteiger partial charge in [0.2, 0.25) is 0 Å². The number of non-ortho nitro benzene ring substituents is 1. The molecule has 8 nitrogen and oxygen atoms in total. The molecule has 0 spiro atoms. The number of nitrogens with zero attached hydrogens (tertiary/aromatic N) is 3. The van der Waals surface area contributed by atoms with Crippen molar-refractivity contribution in [3.63, 3.8) is 0 Å². The van der Waals surface area contributed by atoms with Crippen molar-refractivity contribution >= 4 is 17.3 Å². The minimum Gasteiger partial charge on any atom is -0.468 e. The average Bonchev–Trinajstić information content (AvgIpc) is 3.35. The van der Waals surface area contributed by atoms with Crippen LogP contribution in [0.1, 0.15) is 22.2 Å². The van der Waals surface area contributed by atoms with E-state index < -0.39 is 4.92 Å². The summed E-state index contributed by atoms with van der Waals surface area (Å²) in [4.78, 5) is 27.3. The van der Waals surface area contributed by atoms with Gasteiger partial charge in [0.05, 0.1) is 17.2 Å². The van der Waals surface area contributed by atoms with E-state index in [2.05, 4.69) is 15.1 Å². The van der Waals surface area contributed by atoms with Crippen molar-refractivity contribution in [2.75, 3.05) is 37.6 Å². The molecule has 1 atom stereocenters. The number of carbonyl (C=O) groups is 1. The van der Waals surface area contributed by atoms with E-state index in [4.69, 9.17) is 4.42 Å². The molecule has 166 valence electrons. The van der Waals surface area contributed by atoms with Crippen LogP contribution in [0.3, 0.4) is 0 Å². The highest BCUT2D eigenvalue weighted by atomic mass is 19.1. The van der Waals surface area contributed by atoms with Crippen LogP contribution in [-0.2, 0) is 0 Å². The van der Waals surface area contributed by atoms with Crippen LogP contribution in [-0.4, -0.2) is 48.5 Å². The minimum atomic E-state index is -0.500. The van der Waals surface area contributed by atoms with Crippen LogP contribution in [0.4, 0.5) is 15.8 Å². The topological polar surface area (TPSA) is 91.9 Å². The zero-order chi connectivity index (χ0) is 22.5. The molecule has 1 amide bonds. The number of carbonyl (C=O) groups excluding carboxylic acids is 1. The van der Waals surface area contributed by atoms with Crippen LogP contribution >= 0.6 is 0 Å². The number of amides is 1. The average molecular weight is 438 g/mol. The summed E-state index contributed by atoms with van der Waals surface area (Å²) in [5, 5.41) is 13.7. The lowest BCUT2D eigenvalue weighted by Crippen LogP contribution is -2.49. The molecule has 1 aromatic heterocycles. The van der Waals surface area contributed by atoms with Gasteiger partial charge in [0, 0.05) is 56.1 Å². The highest BCUT2D eigenvalue weighted by Crippen LogP contribution is 2.25. The smallest absolute Gasteiger partial charge is 0.269 e. The number of anilines is 1. The Labute approximate surface area is 184 Å². The second-order valence-electron chi connectivity index (χ2n) is 7.54. The molecule has 2 heterocycles. The van der Waals surface area contributed by atoms with Gasteiger partial charge in [0.15, 0.2) is 0 Å². The number of benzene rings is 2. The Balaban J connectivity index is 1.39. The molecule has 0 radical (unpaired) electrons. The van der Waals surface area contributed by atoms with Crippen molar-refractivity contribution in [1.82, 2.24) is 10.2 Å². The third-order valence-corrected chi connectivity index (χ3v) is 5.61. The Morgan fingerprint density at radius 2 is 1.75 bits per heavy atom. The molecule has 0 saturated carbocycles. The van der Waals surface area contributed by atoms with E-state index in [1.54, 1.807) is 18.4 Å². The molecule has 1 aliphatic heterocycles. The number of piperazine rings is 1. The first-order valence-electron chi connectivity index (χ1n) is 10.3. The quantitative estimate of drug-likeness (QED) is 0.448. The van der Waals surface area contributed by atoms with E-state index >= 15 is 0 Å². The predicted molar refractivity (Wildman–Crippen MR) is 117 cm³/mol. The maximum absolute atomic E-state index is 13.2. The number of rotatable bonds is 7. The molecule has 9 heteroatoms. The first-order valence-corrected chi connectivity index (χ1v) is 10.3. The van der Waals surface area contributed by atoms with Crippen LogP contribution < -0.4 is 10.2 Å². The third kappa shape index (κ3) is 4.94. The maximum Gasteiger partial charge on any atom is 0.269 e. The van der Waals surface area contributed by atoms with Crippen LogP contribution in [0.15, 0.2) is 71.3 Å². The molecule has 0 aliphatic carbocycles. The Morgan fingerprint density at radius 3 is 2.34 bits per heavy atom. The zero-order valence-electron chi connectivity index (χ0n) is 17.3. The summed E-state index contributed by atoms with van der Waals surface area (Å²) < 4.78 is 18.8. The minimum absolute atomic E-state index is 0.0611. The van der Waals surface area contributed by atoms with E-state index in [-0.39, 0.29) is 23.5 Å². The lowest BCUT2D eigenvalue weighted by molar-refractivity contribution is -0.384. The molecule has 1 aliphatic rings. The van der Waals surface area contributed by atoms with Crippen LogP contribution in [0.25, 0.3) is 0 Å². The van der Waals surface area contributed by atoms with Gasteiger partial charge in [-0.25, -0.2) is 4.39 Å². The summed E-state index contributed by atoms with van der Waals surface area (Å²) in [7, 11) is 0. The van der Waals surface area contributed by atoms with Gasteiger partial charge in [-0.05, 0) is 48.5 Å². The molecule has 4 rings (SSSR count). The number of hydrogen-bond acceptors (Lipinski definition) is 6. The van der Waals surface area contributed by atoms with Crippen molar-refractivity contribution in [3.05, 3.63) is 94.2 Å². The van der Waals surface area contributed by atoms with E-state index in [9.17, 15) is 19.3 Å². The summed E-state index contributed by atoms with van der Waals surface area (Å²) in [6.07, 6.45) is 1.61. The Kier molecular flexibility index (Phi) is 6.46. The van der Waals surface area contributed by atoms with E-state index in [0.29, 0.717) is 12.1 Å². The van der Waals surface area contributed by atoms with Crippen molar-refractivity contribution in [2.45, 2.75) is 6.04 Å².